The summed E-state index contributed by atoms with van der Waals surface area (Å²) in [6.45, 7) is 2.29. The lowest BCUT2D eigenvalue weighted by Crippen LogP contribution is -1.77. The van der Waals surface area contributed by atoms with Crippen LogP contribution in [0.3, 0.4) is 0 Å². The van der Waals surface area contributed by atoms with E-state index in [1.54, 1.807) is 0 Å². The van der Waals surface area contributed by atoms with E-state index in [1.807, 2.05) is 13.0 Å². The van der Waals surface area contributed by atoms with Crippen molar-refractivity contribution in [2.24, 2.45) is 0 Å². The Morgan fingerprint density at radius 3 is 2.50 bits per heavy atom. The summed E-state index contributed by atoms with van der Waals surface area (Å²) in [5, 5.41) is 8.26. The van der Waals surface area contributed by atoms with Gasteiger partial charge in [-0.1, -0.05) is 19.6 Å². The van der Waals surface area contributed by atoms with Gasteiger partial charge in [0.05, 0.1) is 0 Å². The minimum atomic E-state index is 0. The lowest BCUT2D eigenvalue weighted by molar-refractivity contribution is 0.289. The predicted octanol–water partition coefficient (Wildman–Crippen LogP) is 1.97. The Hall–Kier alpha value is -0.300. The molecule has 0 amide bonds. The highest BCUT2D eigenvalue weighted by molar-refractivity contribution is 4.75. The molecule has 8 heavy (non-hydrogen) atoms. The molecule has 0 aliphatic heterocycles. The average molecular weight is 116 g/mol. The molecular weight excluding hydrogens is 100 g/mol. The van der Waals surface area contributed by atoms with Crippen molar-refractivity contribution in [3.05, 3.63) is 12.2 Å². The molecular formula is C7H16O. The Balaban J connectivity index is 0. The van der Waals surface area contributed by atoms with Gasteiger partial charge in [0, 0.05) is 6.61 Å². The smallest absolute Gasteiger partial charge is 0.0433 e. The van der Waals surface area contributed by atoms with Crippen molar-refractivity contribution in [2.75, 3.05) is 6.61 Å². The average Bonchev–Trinajstić information content (AvgIpc) is 1.69. The fraction of sp³-hybridized carbons (Fsp3) is 0.714. The van der Waals surface area contributed by atoms with Gasteiger partial charge in [-0.05, 0) is 19.8 Å². The van der Waals surface area contributed by atoms with Crippen LogP contribution in [0, 0.1) is 0 Å². The molecule has 0 fully saturated rings. The van der Waals surface area contributed by atoms with Crippen LogP contribution in [0.25, 0.3) is 0 Å². The van der Waals surface area contributed by atoms with Crippen LogP contribution in [-0.2, 0) is 0 Å². The van der Waals surface area contributed by atoms with Crippen LogP contribution in [0.15, 0.2) is 12.2 Å². The fourth-order valence-electron chi connectivity index (χ4n) is 0.376. The molecule has 0 aromatic carbocycles. The topological polar surface area (TPSA) is 20.2 Å². The van der Waals surface area contributed by atoms with Crippen molar-refractivity contribution < 1.29 is 5.11 Å². The number of aliphatic hydroxyl groups excluding tert-OH is 1. The van der Waals surface area contributed by atoms with E-state index in [0.717, 1.165) is 12.8 Å². The summed E-state index contributed by atoms with van der Waals surface area (Å²) in [7, 11) is 0. The molecule has 1 nitrogen and oxygen atoms in total. The van der Waals surface area contributed by atoms with Gasteiger partial charge in [0.15, 0.2) is 0 Å². The normalized spacial score (nSPS) is 9.25. The third-order valence-electron chi connectivity index (χ3n) is 0.765. The minimum absolute atomic E-state index is 0. The van der Waals surface area contributed by atoms with Gasteiger partial charge < -0.3 is 5.11 Å². The standard InChI is InChI=1S/C6H12O.CH4/c1-2-3-4-5-6-7;/h2-3,7H,4-6H2,1H3;1H4/b3-2-;. The van der Waals surface area contributed by atoms with E-state index in [-0.39, 0.29) is 7.43 Å². The van der Waals surface area contributed by atoms with E-state index in [2.05, 4.69) is 6.08 Å². The van der Waals surface area contributed by atoms with Crippen molar-refractivity contribution in [3.8, 4) is 0 Å². The van der Waals surface area contributed by atoms with Gasteiger partial charge >= 0.3 is 0 Å². The molecule has 0 saturated heterocycles. The summed E-state index contributed by atoms with van der Waals surface area (Å²) < 4.78 is 0. The van der Waals surface area contributed by atoms with E-state index in [9.17, 15) is 0 Å². The molecule has 0 atom stereocenters. The number of aliphatic hydroxyl groups is 1. The molecule has 0 unspecified atom stereocenters. The molecule has 1 heteroatoms. The van der Waals surface area contributed by atoms with Crippen LogP contribution in [0.5, 0.6) is 0 Å². The number of unbranched alkanes of at least 4 members (excludes halogenated alkanes) is 1. The fourth-order valence-corrected chi connectivity index (χ4v) is 0.376. The summed E-state index contributed by atoms with van der Waals surface area (Å²) >= 11 is 0. The van der Waals surface area contributed by atoms with Crippen LogP contribution in [0.1, 0.15) is 27.2 Å². The van der Waals surface area contributed by atoms with E-state index < -0.39 is 0 Å². The quantitative estimate of drug-likeness (QED) is 0.441. The van der Waals surface area contributed by atoms with Crippen LogP contribution >= 0.6 is 0 Å². The SMILES string of the molecule is C.C/C=C\CCCO. The second kappa shape index (κ2) is 9.85. The van der Waals surface area contributed by atoms with Crippen molar-refractivity contribution >= 4 is 0 Å². The molecule has 0 aliphatic carbocycles. The first-order valence-corrected chi connectivity index (χ1v) is 2.64. The lowest BCUT2D eigenvalue weighted by Gasteiger charge is -1.83. The highest BCUT2D eigenvalue weighted by Gasteiger charge is 1.74. The third-order valence-corrected chi connectivity index (χ3v) is 0.765. The van der Waals surface area contributed by atoms with Crippen LogP contribution in [0.4, 0.5) is 0 Å². The second-order valence-corrected chi connectivity index (χ2v) is 1.43. The second-order valence-electron chi connectivity index (χ2n) is 1.43. The van der Waals surface area contributed by atoms with Crippen molar-refractivity contribution in [1.29, 1.82) is 0 Å². The molecule has 1 N–H and O–H groups in total. The summed E-state index contributed by atoms with van der Waals surface area (Å²) in [6.07, 6.45) is 5.95. The molecule has 0 heterocycles. The monoisotopic (exact) mass is 116 g/mol. The minimum Gasteiger partial charge on any atom is -0.396 e. The molecule has 0 aromatic heterocycles. The predicted molar refractivity (Wildman–Crippen MR) is 37.9 cm³/mol. The first kappa shape index (κ1) is 10.6. The van der Waals surface area contributed by atoms with E-state index in [1.165, 1.54) is 0 Å². The van der Waals surface area contributed by atoms with Crippen molar-refractivity contribution in [1.82, 2.24) is 0 Å². The van der Waals surface area contributed by atoms with Gasteiger partial charge in [-0.25, -0.2) is 0 Å². The Morgan fingerprint density at radius 1 is 1.50 bits per heavy atom. The Morgan fingerprint density at radius 2 is 2.12 bits per heavy atom. The maximum absolute atomic E-state index is 8.26. The first-order chi connectivity index (χ1) is 3.41. The first-order valence-electron chi connectivity index (χ1n) is 2.64. The van der Waals surface area contributed by atoms with Crippen LogP contribution in [0.2, 0.25) is 0 Å². The maximum atomic E-state index is 8.26. The largest absolute Gasteiger partial charge is 0.396 e. The third kappa shape index (κ3) is 9.20. The summed E-state index contributed by atoms with van der Waals surface area (Å²) in [5.74, 6) is 0. The molecule has 0 bridgehead atoms. The van der Waals surface area contributed by atoms with E-state index >= 15 is 0 Å². The van der Waals surface area contributed by atoms with Gasteiger partial charge in [-0.3, -0.25) is 0 Å². The van der Waals surface area contributed by atoms with Crippen molar-refractivity contribution in [2.45, 2.75) is 27.2 Å². The van der Waals surface area contributed by atoms with E-state index in [0.29, 0.717) is 6.61 Å². The number of hydrogen-bond acceptors (Lipinski definition) is 1. The molecule has 0 aliphatic rings. The molecule has 0 aromatic rings. The zero-order chi connectivity index (χ0) is 5.54. The summed E-state index contributed by atoms with van der Waals surface area (Å²) in [5.41, 5.74) is 0. The maximum Gasteiger partial charge on any atom is 0.0433 e. The molecule has 0 saturated carbocycles. The lowest BCUT2D eigenvalue weighted by atomic mass is 10.3. The molecule has 0 spiro atoms. The molecule has 0 rings (SSSR count). The Labute approximate surface area is 52.0 Å². The zero-order valence-electron chi connectivity index (χ0n) is 4.72. The highest BCUT2D eigenvalue weighted by atomic mass is 16.2. The van der Waals surface area contributed by atoms with Gasteiger partial charge in [0.25, 0.3) is 0 Å². The van der Waals surface area contributed by atoms with Crippen molar-refractivity contribution in [3.63, 3.8) is 0 Å². The van der Waals surface area contributed by atoms with Crippen LogP contribution in [-0.4, -0.2) is 11.7 Å². The van der Waals surface area contributed by atoms with Gasteiger partial charge in [-0.15, -0.1) is 0 Å². The summed E-state index contributed by atoms with van der Waals surface area (Å²) in [4.78, 5) is 0. The van der Waals surface area contributed by atoms with Gasteiger partial charge in [-0.2, -0.15) is 0 Å². The summed E-state index contributed by atoms with van der Waals surface area (Å²) in [6, 6.07) is 0. The highest BCUT2D eigenvalue weighted by Crippen LogP contribution is 1.86. The zero-order valence-corrected chi connectivity index (χ0v) is 4.72. The number of rotatable bonds is 3. The Bertz CT molecular complexity index is 48.3. The number of allylic oxidation sites excluding steroid dienone is 2. The van der Waals surface area contributed by atoms with E-state index in [4.69, 9.17) is 5.11 Å². The van der Waals surface area contributed by atoms with Gasteiger partial charge in [0.1, 0.15) is 0 Å². The number of hydrogen-bond donors (Lipinski definition) is 1. The molecule has 0 radical (unpaired) electrons. The Kier molecular flexibility index (Phi) is 13.1. The van der Waals surface area contributed by atoms with Crippen LogP contribution < -0.4 is 0 Å². The molecule has 50 valence electrons. The van der Waals surface area contributed by atoms with Gasteiger partial charge in [0.2, 0.25) is 0 Å².